The van der Waals surface area contributed by atoms with Gasteiger partial charge in [-0.3, -0.25) is 4.79 Å². The maximum atomic E-state index is 12.9. The van der Waals surface area contributed by atoms with Gasteiger partial charge >= 0.3 is 12.1 Å². The molecule has 0 aromatic carbocycles. The number of aliphatic hydroxyl groups excluding tert-OH is 2. The van der Waals surface area contributed by atoms with Crippen molar-refractivity contribution in [3.8, 4) is 0 Å². The van der Waals surface area contributed by atoms with Crippen LogP contribution in [0.5, 0.6) is 0 Å². The van der Waals surface area contributed by atoms with Gasteiger partial charge in [-0.05, 0) is 50.0 Å². The highest BCUT2D eigenvalue weighted by atomic mass is 19.4. The molecule has 3 N–H and O–H groups in total. The standard InChI is InChI=1S/C23H33F3O5/c24-23(25,26)14-31-22-12-11-20(28)17(9-10-19(27)15-5-2-1-3-6-15)18(22)13-16(22)7-4-8-21(29)30/h7,9-10,15,17-20,27-28H,1-6,8,11-14H2,(H,29,30)/t17-,18-,19?,20-,22+/m0/s1. The molecule has 3 aliphatic carbocycles. The molecule has 0 heterocycles. The van der Waals surface area contributed by atoms with Crippen LogP contribution in [0.15, 0.2) is 23.8 Å². The van der Waals surface area contributed by atoms with Crippen LogP contribution in [0.3, 0.4) is 0 Å². The fourth-order valence-electron chi connectivity index (χ4n) is 5.54. The average molecular weight is 447 g/mol. The fraction of sp³-hybridized carbons (Fsp3) is 0.783. The van der Waals surface area contributed by atoms with Gasteiger partial charge in [-0.25, -0.2) is 0 Å². The van der Waals surface area contributed by atoms with Crippen molar-refractivity contribution in [2.45, 2.75) is 88.2 Å². The lowest BCUT2D eigenvalue weighted by Crippen LogP contribution is -2.60. The Balaban J connectivity index is 1.75. The smallest absolute Gasteiger partial charge is 0.411 e. The minimum atomic E-state index is -4.47. The number of alkyl halides is 3. The number of halogens is 3. The normalized spacial score (nSPS) is 34.5. The number of aliphatic hydroxyl groups is 2. The second-order valence-corrected chi connectivity index (χ2v) is 9.22. The Labute approximate surface area is 181 Å². The monoisotopic (exact) mass is 446 g/mol. The lowest BCUT2D eigenvalue weighted by molar-refractivity contribution is -0.235. The first kappa shape index (κ1) is 24.3. The molecule has 0 aromatic rings. The SMILES string of the molecule is O=C(O)CCC=C1C[C@H]2[C@H](C=CC(O)C3CCCCC3)[C@@H](O)CC[C@@]12OCC(F)(F)F. The van der Waals surface area contributed by atoms with Gasteiger partial charge in [0.1, 0.15) is 6.61 Å². The van der Waals surface area contributed by atoms with Crippen LogP contribution >= 0.6 is 0 Å². The van der Waals surface area contributed by atoms with Gasteiger partial charge in [0, 0.05) is 18.3 Å². The average Bonchev–Trinajstić information content (AvgIpc) is 2.70. The molecular formula is C23H33F3O5. The van der Waals surface area contributed by atoms with Gasteiger partial charge in [0.15, 0.2) is 0 Å². The number of aliphatic carboxylic acids is 1. The number of carbonyl (C=O) groups is 1. The zero-order valence-corrected chi connectivity index (χ0v) is 17.7. The third-order valence-electron chi connectivity index (χ3n) is 7.21. The molecule has 1 unspecified atom stereocenters. The van der Waals surface area contributed by atoms with Crippen molar-refractivity contribution < 1.29 is 38.0 Å². The molecule has 3 aliphatic rings. The topological polar surface area (TPSA) is 87.0 Å². The number of fused-ring (bicyclic) bond motifs is 1. The largest absolute Gasteiger partial charge is 0.481 e. The zero-order valence-electron chi connectivity index (χ0n) is 17.7. The van der Waals surface area contributed by atoms with E-state index in [1.165, 1.54) is 6.42 Å². The molecule has 8 heteroatoms. The van der Waals surface area contributed by atoms with Gasteiger partial charge in [0.25, 0.3) is 0 Å². The Hall–Kier alpha value is -1.38. The van der Waals surface area contributed by atoms with Crippen molar-refractivity contribution in [3.63, 3.8) is 0 Å². The van der Waals surface area contributed by atoms with Crippen molar-refractivity contribution in [1.29, 1.82) is 0 Å². The summed E-state index contributed by atoms with van der Waals surface area (Å²) in [7, 11) is 0. The van der Waals surface area contributed by atoms with Crippen LogP contribution in [0.2, 0.25) is 0 Å². The van der Waals surface area contributed by atoms with Crippen molar-refractivity contribution in [1.82, 2.24) is 0 Å². The number of hydrogen-bond donors (Lipinski definition) is 3. The second kappa shape index (κ2) is 10.0. The van der Waals surface area contributed by atoms with Crippen LogP contribution < -0.4 is 0 Å². The Kier molecular flexibility index (Phi) is 7.86. The minimum Gasteiger partial charge on any atom is -0.481 e. The van der Waals surface area contributed by atoms with Crippen LogP contribution in [-0.4, -0.2) is 51.9 Å². The first-order valence-corrected chi connectivity index (χ1v) is 11.3. The van der Waals surface area contributed by atoms with Gasteiger partial charge in [0.05, 0.1) is 17.8 Å². The molecule has 0 saturated heterocycles. The maximum Gasteiger partial charge on any atom is 0.411 e. The van der Waals surface area contributed by atoms with Crippen molar-refractivity contribution in [3.05, 3.63) is 23.8 Å². The summed E-state index contributed by atoms with van der Waals surface area (Å²) in [6, 6.07) is 0. The first-order chi connectivity index (χ1) is 14.6. The molecule has 5 nitrogen and oxygen atoms in total. The van der Waals surface area contributed by atoms with Crippen LogP contribution in [-0.2, 0) is 9.53 Å². The van der Waals surface area contributed by atoms with E-state index in [0.29, 0.717) is 18.4 Å². The predicted octanol–water partition coefficient (Wildman–Crippen LogP) is 4.38. The number of rotatable bonds is 8. The molecular weight excluding hydrogens is 413 g/mol. The maximum absolute atomic E-state index is 12.9. The van der Waals surface area contributed by atoms with Gasteiger partial charge in [0.2, 0.25) is 0 Å². The fourth-order valence-corrected chi connectivity index (χ4v) is 5.54. The van der Waals surface area contributed by atoms with Crippen LogP contribution in [0.25, 0.3) is 0 Å². The quantitative estimate of drug-likeness (QED) is 0.482. The summed E-state index contributed by atoms with van der Waals surface area (Å²) in [4.78, 5) is 10.8. The van der Waals surface area contributed by atoms with Crippen molar-refractivity contribution >= 4 is 5.97 Å². The number of allylic oxidation sites excluding steroid dienone is 1. The van der Waals surface area contributed by atoms with E-state index in [4.69, 9.17) is 9.84 Å². The van der Waals surface area contributed by atoms with E-state index in [-0.39, 0.29) is 31.1 Å². The van der Waals surface area contributed by atoms with Crippen molar-refractivity contribution in [2.75, 3.05) is 6.61 Å². The number of hydrogen-bond acceptors (Lipinski definition) is 4. The van der Waals surface area contributed by atoms with Crippen LogP contribution in [0.4, 0.5) is 13.2 Å². The predicted molar refractivity (Wildman–Crippen MR) is 108 cm³/mol. The lowest BCUT2D eigenvalue weighted by Gasteiger charge is -2.58. The molecule has 3 fully saturated rings. The third-order valence-corrected chi connectivity index (χ3v) is 7.21. The highest BCUT2D eigenvalue weighted by Crippen LogP contribution is 2.58. The molecule has 0 radical (unpaired) electrons. The van der Waals surface area contributed by atoms with Gasteiger partial charge < -0.3 is 20.1 Å². The van der Waals surface area contributed by atoms with E-state index in [9.17, 15) is 28.2 Å². The highest BCUT2D eigenvalue weighted by molar-refractivity contribution is 5.66. The number of carboxylic acids is 1. The van der Waals surface area contributed by atoms with E-state index in [1.807, 2.05) is 0 Å². The third kappa shape index (κ3) is 5.90. The summed E-state index contributed by atoms with van der Waals surface area (Å²) in [5.41, 5.74) is -0.431. The highest BCUT2D eigenvalue weighted by Gasteiger charge is 2.59. The van der Waals surface area contributed by atoms with Gasteiger partial charge in [-0.2, -0.15) is 13.2 Å². The van der Waals surface area contributed by atoms with E-state index >= 15 is 0 Å². The van der Waals surface area contributed by atoms with Gasteiger partial charge in [-0.15, -0.1) is 0 Å². The summed E-state index contributed by atoms with van der Waals surface area (Å²) in [5.74, 6) is -1.51. The molecule has 3 rings (SSSR count). The zero-order chi connectivity index (χ0) is 22.6. The molecule has 0 amide bonds. The van der Waals surface area contributed by atoms with E-state index in [2.05, 4.69) is 0 Å². The van der Waals surface area contributed by atoms with E-state index < -0.39 is 42.5 Å². The van der Waals surface area contributed by atoms with Crippen molar-refractivity contribution in [2.24, 2.45) is 17.8 Å². The summed E-state index contributed by atoms with van der Waals surface area (Å²) in [6.07, 6.45) is 5.78. The summed E-state index contributed by atoms with van der Waals surface area (Å²) < 4.78 is 44.3. The summed E-state index contributed by atoms with van der Waals surface area (Å²) in [6.45, 7) is -1.38. The Morgan fingerprint density at radius 1 is 1.23 bits per heavy atom. The lowest BCUT2D eigenvalue weighted by atomic mass is 9.53. The number of carboxylic acid groups (broad SMARTS) is 1. The molecule has 5 atom stereocenters. The molecule has 0 aliphatic heterocycles. The Morgan fingerprint density at radius 2 is 1.94 bits per heavy atom. The Bertz CT molecular complexity index is 683. The first-order valence-electron chi connectivity index (χ1n) is 11.3. The molecule has 0 spiro atoms. The summed E-state index contributed by atoms with van der Waals surface area (Å²) >= 11 is 0. The summed E-state index contributed by atoms with van der Waals surface area (Å²) in [5, 5.41) is 30.0. The molecule has 176 valence electrons. The minimum absolute atomic E-state index is 0.0942. The molecule has 31 heavy (non-hydrogen) atoms. The van der Waals surface area contributed by atoms with Crippen LogP contribution in [0.1, 0.15) is 64.2 Å². The van der Waals surface area contributed by atoms with E-state index in [1.54, 1.807) is 18.2 Å². The van der Waals surface area contributed by atoms with Gasteiger partial charge in [-0.1, -0.05) is 37.5 Å². The second-order valence-electron chi connectivity index (χ2n) is 9.22. The number of ether oxygens (including phenoxy) is 1. The molecule has 0 bridgehead atoms. The van der Waals surface area contributed by atoms with E-state index in [0.717, 1.165) is 25.7 Å². The van der Waals surface area contributed by atoms with Crippen LogP contribution in [0, 0.1) is 17.8 Å². The Morgan fingerprint density at radius 3 is 2.58 bits per heavy atom. The molecule has 3 saturated carbocycles. The molecule has 0 aromatic heterocycles.